The third kappa shape index (κ3) is 1.30. The summed E-state index contributed by atoms with van der Waals surface area (Å²) < 4.78 is 0. The molecule has 4 heteroatoms. The molecule has 0 unspecified atom stereocenters. The van der Waals surface area contributed by atoms with Gasteiger partial charge in [0.15, 0.2) is 5.84 Å². The average molecular weight is 181 g/mol. The SMILES string of the molecule is CC(C)N1CCN2CCN=C2C1=O. The molecule has 0 spiro atoms. The van der Waals surface area contributed by atoms with Gasteiger partial charge in [-0.3, -0.25) is 9.79 Å². The fourth-order valence-electron chi connectivity index (χ4n) is 1.85. The van der Waals surface area contributed by atoms with Gasteiger partial charge in [-0.15, -0.1) is 0 Å². The maximum Gasteiger partial charge on any atom is 0.289 e. The van der Waals surface area contributed by atoms with E-state index in [1.54, 1.807) is 0 Å². The number of amides is 1. The van der Waals surface area contributed by atoms with E-state index < -0.39 is 0 Å². The van der Waals surface area contributed by atoms with E-state index in [0.717, 1.165) is 26.2 Å². The second kappa shape index (κ2) is 3.01. The van der Waals surface area contributed by atoms with Crippen molar-refractivity contribution < 1.29 is 4.79 Å². The van der Waals surface area contributed by atoms with Crippen LogP contribution >= 0.6 is 0 Å². The van der Waals surface area contributed by atoms with Gasteiger partial charge in [-0.05, 0) is 13.8 Å². The van der Waals surface area contributed by atoms with Crippen LogP contribution in [-0.2, 0) is 4.79 Å². The molecule has 2 rings (SSSR count). The number of hydrogen-bond acceptors (Lipinski definition) is 3. The quantitative estimate of drug-likeness (QED) is 0.568. The zero-order valence-electron chi connectivity index (χ0n) is 8.16. The molecule has 0 saturated carbocycles. The van der Waals surface area contributed by atoms with Gasteiger partial charge in [0, 0.05) is 25.7 Å². The highest BCUT2D eigenvalue weighted by Gasteiger charge is 2.33. The fraction of sp³-hybridized carbons (Fsp3) is 0.778. The van der Waals surface area contributed by atoms with Crippen molar-refractivity contribution in [2.75, 3.05) is 26.2 Å². The topological polar surface area (TPSA) is 35.9 Å². The third-order valence-corrected chi connectivity index (χ3v) is 2.62. The van der Waals surface area contributed by atoms with Crippen molar-refractivity contribution in [2.45, 2.75) is 19.9 Å². The minimum Gasteiger partial charge on any atom is -0.349 e. The molecule has 2 heterocycles. The summed E-state index contributed by atoms with van der Waals surface area (Å²) in [6.45, 7) is 7.59. The van der Waals surface area contributed by atoms with Crippen LogP contribution in [0.3, 0.4) is 0 Å². The summed E-state index contributed by atoms with van der Waals surface area (Å²) in [5.41, 5.74) is 0. The summed E-state index contributed by atoms with van der Waals surface area (Å²) in [5.74, 6) is 0.790. The van der Waals surface area contributed by atoms with Crippen molar-refractivity contribution in [3.8, 4) is 0 Å². The predicted molar refractivity (Wildman–Crippen MR) is 50.7 cm³/mol. The maximum atomic E-state index is 11.8. The summed E-state index contributed by atoms with van der Waals surface area (Å²) in [6, 6.07) is 0.290. The Labute approximate surface area is 78.2 Å². The van der Waals surface area contributed by atoms with E-state index in [-0.39, 0.29) is 11.9 Å². The van der Waals surface area contributed by atoms with E-state index in [1.807, 2.05) is 18.7 Å². The van der Waals surface area contributed by atoms with Crippen LogP contribution in [0.25, 0.3) is 0 Å². The average Bonchev–Trinajstić information content (AvgIpc) is 2.52. The summed E-state index contributed by atoms with van der Waals surface area (Å²) >= 11 is 0. The first kappa shape index (κ1) is 8.53. The molecule has 0 bridgehead atoms. The Morgan fingerprint density at radius 1 is 1.31 bits per heavy atom. The number of piperazine rings is 1. The zero-order chi connectivity index (χ0) is 9.42. The molecule has 0 radical (unpaired) electrons. The van der Waals surface area contributed by atoms with Gasteiger partial charge < -0.3 is 9.80 Å². The first-order valence-corrected chi connectivity index (χ1v) is 4.80. The van der Waals surface area contributed by atoms with Crippen LogP contribution in [-0.4, -0.2) is 53.8 Å². The number of fused-ring (bicyclic) bond motifs is 1. The normalized spacial score (nSPS) is 22.4. The van der Waals surface area contributed by atoms with Crippen LogP contribution in [0, 0.1) is 0 Å². The van der Waals surface area contributed by atoms with Gasteiger partial charge in [-0.2, -0.15) is 0 Å². The van der Waals surface area contributed by atoms with E-state index in [4.69, 9.17) is 0 Å². The monoisotopic (exact) mass is 181 g/mol. The van der Waals surface area contributed by atoms with Gasteiger partial charge in [-0.1, -0.05) is 0 Å². The smallest absolute Gasteiger partial charge is 0.289 e. The molecule has 0 aromatic rings. The minimum absolute atomic E-state index is 0.110. The van der Waals surface area contributed by atoms with Crippen molar-refractivity contribution in [3.05, 3.63) is 0 Å². The molecule has 0 aromatic carbocycles. The fourth-order valence-corrected chi connectivity index (χ4v) is 1.85. The molecular weight excluding hydrogens is 166 g/mol. The largest absolute Gasteiger partial charge is 0.349 e. The second-order valence-electron chi connectivity index (χ2n) is 3.78. The Balaban J connectivity index is 2.17. The van der Waals surface area contributed by atoms with Crippen molar-refractivity contribution in [1.29, 1.82) is 0 Å². The number of nitrogens with zero attached hydrogens (tertiary/aromatic N) is 3. The lowest BCUT2D eigenvalue weighted by atomic mass is 10.2. The zero-order valence-corrected chi connectivity index (χ0v) is 8.16. The minimum atomic E-state index is 0.110. The van der Waals surface area contributed by atoms with Gasteiger partial charge in [0.05, 0.1) is 6.54 Å². The lowest BCUT2D eigenvalue weighted by Gasteiger charge is -2.35. The summed E-state index contributed by atoms with van der Waals surface area (Å²) in [5, 5.41) is 0. The molecule has 2 aliphatic rings. The van der Waals surface area contributed by atoms with Crippen LogP contribution in [0.2, 0.25) is 0 Å². The lowest BCUT2D eigenvalue weighted by Crippen LogP contribution is -2.54. The molecule has 72 valence electrons. The number of aliphatic imine (C=N–C) groups is 1. The Morgan fingerprint density at radius 3 is 2.77 bits per heavy atom. The van der Waals surface area contributed by atoms with E-state index in [1.165, 1.54) is 0 Å². The van der Waals surface area contributed by atoms with Crippen LogP contribution in [0.5, 0.6) is 0 Å². The van der Waals surface area contributed by atoms with Crippen LogP contribution in [0.4, 0.5) is 0 Å². The molecule has 1 saturated heterocycles. The second-order valence-corrected chi connectivity index (χ2v) is 3.78. The highest BCUT2D eigenvalue weighted by atomic mass is 16.2. The number of hydrogen-bond donors (Lipinski definition) is 0. The van der Waals surface area contributed by atoms with E-state index in [2.05, 4.69) is 9.89 Å². The Morgan fingerprint density at radius 2 is 2.08 bits per heavy atom. The highest BCUT2D eigenvalue weighted by Crippen LogP contribution is 2.13. The van der Waals surface area contributed by atoms with E-state index in [9.17, 15) is 4.79 Å². The first-order chi connectivity index (χ1) is 6.20. The van der Waals surface area contributed by atoms with Gasteiger partial charge in [0.2, 0.25) is 0 Å². The molecule has 2 aliphatic heterocycles. The van der Waals surface area contributed by atoms with Gasteiger partial charge in [-0.25, -0.2) is 0 Å². The Hall–Kier alpha value is -1.06. The first-order valence-electron chi connectivity index (χ1n) is 4.80. The number of carbonyl (C=O) groups excluding carboxylic acids is 1. The lowest BCUT2D eigenvalue weighted by molar-refractivity contribution is -0.128. The molecule has 1 amide bonds. The van der Waals surface area contributed by atoms with Crippen LogP contribution in [0.1, 0.15) is 13.8 Å². The summed E-state index contributed by atoms with van der Waals surface area (Å²) in [6.07, 6.45) is 0. The Bertz CT molecular complexity index is 260. The molecule has 13 heavy (non-hydrogen) atoms. The van der Waals surface area contributed by atoms with Gasteiger partial charge in [0.25, 0.3) is 5.91 Å². The van der Waals surface area contributed by atoms with E-state index in [0.29, 0.717) is 5.84 Å². The molecule has 1 fully saturated rings. The van der Waals surface area contributed by atoms with Crippen molar-refractivity contribution >= 4 is 11.7 Å². The van der Waals surface area contributed by atoms with Gasteiger partial charge in [0.1, 0.15) is 0 Å². The number of carbonyl (C=O) groups is 1. The molecular formula is C9H15N3O. The Kier molecular flexibility index (Phi) is 1.98. The highest BCUT2D eigenvalue weighted by molar-refractivity contribution is 6.38. The predicted octanol–water partition coefficient (Wildman–Crippen LogP) is -0.0489. The van der Waals surface area contributed by atoms with Crippen molar-refractivity contribution in [3.63, 3.8) is 0 Å². The van der Waals surface area contributed by atoms with E-state index >= 15 is 0 Å². The summed E-state index contributed by atoms with van der Waals surface area (Å²) in [7, 11) is 0. The number of rotatable bonds is 1. The third-order valence-electron chi connectivity index (χ3n) is 2.62. The molecule has 0 aliphatic carbocycles. The van der Waals surface area contributed by atoms with Crippen LogP contribution in [0.15, 0.2) is 4.99 Å². The number of amidine groups is 1. The van der Waals surface area contributed by atoms with Gasteiger partial charge >= 0.3 is 0 Å². The maximum absolute atomic E-state index is 11.8. The molecule has 0 atom stereocenters. The molecule has 4 nitrogen and oxygen atoms in total. The van der Waals surface area contributed by atoms with Crippen molar-refractivity contribution in [2.24, 2.45) is 4.99 Å². The standard InChI is InChI=1S/C9H15N3O/c1-7(2)12-6-5-11-4-3-10-8(11)9(12)13/h7H,3-6H2,1-2H3. The molecule has 0 N–H and O–H groups in total. The van der Waals surface area contributed by atoms with Crippen molar-refractivity contribution in [1.82, 2.24) is 9.80 Å². The van der Waals surface area contributed by atoms with Crippen LogP contribution < -0.4 is 0 Å². The summed E-state index contributed by atoms with van der Waals surface area (Å²) in [4.78, 5) is 20.0. The molecule has 0 aromatic heterocycles.